The summed E-state index contributed by atoms with van der Waals surface area (Å²) in [5.74, 6) is 0.632. The zero-order chi connectivity index (χ0) is 13.0. The Morgan fingerprint density at radius 1 is 1.17 bits per heavy atom. The number of nitrogens with one attached hydrogen (secondary N) is 2. The van der Waals surface area contributed by atoms with Crippen molar-refractivity contribution < 1.29 is 4.79 Å². The molecule has 0 bridgehead atoms. The van der Waals surface area contributed by atoms with Crippen LogP contribution in [0.1, 0.15) is 12.6 Å². The number of carbonyl (C=O) groups excluding carboxylic acids is 1. The van der Waals surface area contributed by atoms with E-state index in [4.69, 9.17) is 0 Å². The van der Waals surface area contributed by atoms with Crippen LogP contribution in [0.3, 0.4) is 0 Å². The molecule has 0 aliphatic heterocycles. The molecule has 0 saturated carbocycles. The molecule has 2 rings (SSSR count). The molecule has 5 nitrogen and oxygen atoms in total. The molecule has 0 fully saturated rings. The molecule has 0 spiro atoms. The van der Waals surface area contributed by atoms with Gasteiger partial charge in [0.05, 0.1) is 0 Å². The van der Waals surface area contributed by atoms with Gasteiger partial charge in [-0.25, -0.2) is 9.97 Å². The third-order valence-corrected chi connectivity index (χ3v) is 2.26. The van der Waals surface area contributed by atoms with Crippen LogP contribution in [0.4, 0.5) is 17.2 Å². The number of aromatic nitrogens is 2. The molecule has 1 aromatic carbocycles. The van der Waals surface area contributed by atoms with Crippen molar-refractivity contribution in [1.82, 2.24) is 9.97 Å². The summed E-state index contributed by atoms with van der Waals surface area (Å²) >= 11 is 0. The number of amides is 1. The maximum Gasteiger partial charge on any atom is 0.221 e. The summed E-state index contributed by atoms with van der Waals surface area (Å²) in [7, 11) is 0. The van der Waals surface area contributed by atoms with Crippen molar-refractivity contribution in [3.05, 3.63) is 42.4 Å². The first-order valence-corrected chi connectivity index (χ1v) is 5.57. The molecule has 2 aromatic rings. The molecule has 18 heavy (non-hydrogen) atoms. The van der Waals surface area contributed by atoms with Gasteiger partial charge in [-0.1, -0.05) is 6.07 Å². The van der Waals surface area contributed by atoms with Crippen LogP contribution in [0.2, 0.25) is 0 Å². The molecule has 1 heterocycles. The molecular weight excluding hydrogens is 228 g/mol. The molecular formula is C13H14N4O. The fourth-order valence-electron chi connectivity index (χ4n) is 1.55. The first-order valence-electron chi connectivity index (χ1n) is 5.57. The first kappa shape index (κ1) is 12.0. The summed E-state index contributed by atoms with van der Waals surface area (Å²) in [5.41, 5.74) is 2.50. The van der Waals surface area contributed by atoms with Crippen LogP contribution in [-0.4, -0.2) is 15.9 Å². The van der Waals surface area contributed by atoms with Gasteiger partial charge in [-0.05, 0) is 25.1 Å². The second-order valence-electron chi connectivity index (χ2n) is 3.93. The Kier molecular flexibility index (Phi) is 3.52. The van der Waals surface area contributed by atoms with E-state index in [2.05, 4.69) is 20.6 Å². The third-order valence-electron chi connectivity index (χ3n) is 2.26. The van der Waals surface area contributed by atoms with Gasteiger partial charge in [-0.3, -0.25) is 4.79 Å². The van der Waals surface area contributed by atoms with Gasteiger partial charge < -0.3 is 10.6 Å². The summed E-state index contributed by atoms with van der Waals surface area (Å²) in [6.45, 7) is 3.38. The predicted octanol–water partition coefficient (Wildman–Crippen LogP) is 2.49. The number of carbonyl (C=O) groups is 1. The zero-order valence-electron chi connectivity index (χ0n) is 10.3. The molecule has 0 aliphatic rings. The van der Waals surface area contributed by atoms with Crippen molar-refractivity contribution in [3.63, 3.8) is 0 Å². The zero-order valence-corrected chi connectivity index (χ0v) is 10.3. The van der Waals surface area contributed by atoms with E-state index >= 15 is 0 Å². The molecule has 1 amide bonds. The van der Waals surface area contributed by atoms with Crippen molar-refractivity contribution in [3.8, 4) is 0 Å². The molecule has 1 aromatic heterocycles. The molecule has 0 unspecified atom stereocenters. The minimum absolute atomic E-state index is 0.0926. The highest BCUT2D eigenvalue weighted by Gasteiger charge is 1.99. The molecule has 0 saturated heterocycles. The Balaban J connectivity index is 2.16. The minimum atomic E-state index is -0.0926. The van der Waals surface area contributed by atoms with Crippen LogP contribution >= 0.6 is 0 Å². The van der Waals surface area contributed by atoms with Gasteiger partial charge in [0.1, 0.15) is 12.1 Å². The molecule has 0 radical (unpaired) electrons. The topological polar surface area (TPSA) is 66.9 Å². The van der Waals surface area contributed by atoms with E-state index in [-0.39, 0.29) is 5.91 Å². The lowest BCUT2D eigenvalue weighted by atomic mass is 10.2. The highest BCUT2D eigenvalue weighted by molar-refractivity contribution is 5.89. The van der Waals surface area contributed by atoms with Crippen molar-refractivity contribution in [1.29, 1.82) is 0 Å². The van der Waals surface area contributed by atoms with Crippen molar-refractivity contribution in [2.24, 2.45) is 0 Å². The molecule has 5 heteroatoms. The van der Waals surface area contributed by atoms with E-state index in [1.807, 2.05) is 37.3 Å². The number of aryl methyl sites for hydroxylation is 1. The summed E-state index contributed by atoms with van der Waals surface area (Å²) in [5, 5.41) is 5.89. The van der Waals surface area contributed by atoms with Crippen molar-refractivity contribution >= 4 is 23.1 Å². The second-order valence-corrected chi connectivity index (χ2v) is 3.93. The monoisotopic (exact) mass is 242 g/mol. The van der Waals surface area contributed by atoms with Gasteiger partial charge in [-0.15, -0.1) is 0 Å². The van der Waals surface area contributed by atoms with Crippen LogP contribution in [-0.2, 0) is 4.79 Å². The Morgan fingerprint density at radius 3 is 2.67 bits per heavy atom. The second kappa shape index (κ2) is 5.27. The predicted molar refractivity (Wildman–Crippen MR) is 70.8 cm³/mol. The van der Waals surface area contributed by atoms with Gasteiger partial charge >= 0.3 is 0 Å². The maximum absolute atomic E-state index is 11.0. The van der Waals surface area contributed by atoms with E-state index in [0.29, 0.717) is 0 Å². The van der Waals surface area contributed by atoms with Gasteiger partial charge in [-0.2, -0.15) is 0 Å². The average molecular weight is 242 g/mol. The van der Waals surface area contributed by atoms with Crippen LogP contribution in [0.5, 0.6) is 0 Å². The van der Waals surface area contributed by atoms with Gasteiger partial charge in [0.15, 0.2) is 0 Å². The van der Waals surface area contributed by atoms with Crippen LogP contribution < -0.4 is 10.6 Å². The molecule has 0 atom stereocenters. The lowest BCUT2D eigenvalue weighted by Crippen LogP contribution is -2.05. The highest BCUT2D eigenvalue weighted by Crippen LogP contribution is 2.18. The van der Waals surface area contributed by atoms with E-state index in [1.165, 1.54) is 13.3 Å². The quantitative estimate of drug-likeness (QED) is 0.867. The average Bonchev–Trinajstić information content (AvgIpc) is 2.28. The number of nitrogens with zero attached hydrogens (tertiary/aromatic N) is 2. The van der Waals surface area contributed by atoms with E-state index in [9.17, 15) is 4.79 Å². The Hall–Kier alpha value is -2.43. The summed E-state index contributed by atoms with van der Waals surface area (Å²) in [4.78, 5) is 19.1. The Morgan fingerprint density at radius 2 is 1.94 bits per heavy atom. The van der Waals surface area contributed by atoms with E-state index < -0.39 is 0 Å². The van der Waals surface area contributed by atoms with Crippen LogP contribution in [0, 0.1) is 6.92 Å². The smallest absolute Gasteiger partial charge is 0.221 e. The van der Waals surface area contributed by atoms with Gasteiger partial charge in [0, 0.05) is 30.1 Å². The Bertz CT molecular complexity index is 568. The molecule has 2 N–H and O–H groups in total. The largest absolute Gasteiger partial charge is 0.340 e. The first-order chi connectivity index (χ1) is 8.63. The van der Waals surface area contributed by atoms with E-state index in [0.717, 1.165) is 22.9 Å². The maximum atomic E-state index is 11.0. The third kappa shape index (κ3) is 3.28. The number of rotatable bonds is 3. The van der Waals surface area contributed by atoms with Gasteiger partial charge in [0.25, 0.3) is 0 Å². The highest BCUT2D eigenvalue weighted by atomic mass is 16.1. The van der Waals surface area contributed by atoms with Crippen LogP contribution in [0.25, 0.3) is 0 Å². The SMILES string of the molecule is CC(=O)Nc1cccc(Nc2cc(C)ncn2)c1. The van der Waals surface area contributed by atoms with Crippen molar-refractivity contribution in [2.75, 3.05) is 10.6 Å². The summed E-state index contributed by atoms with van der Waals surface area (Å²) in [6.07, 6.45) is 1.51. The number of benzene rings is 1. The molecule has 0 aliphatic carbocycles. The van der Waals surface area contributed by atoms with E-state index in [1.54, 1.807) is 0 Å². The Labute approximate surface area is 105 Å². The lowest BCUT2D eigenvalue weighted by molar-refractivity contribution is -0.114. The number of anilines is 3. The fourth-order valence-corrected chi connectivity index (χ4v) is 1.55. The summed E-state index contributed by atoms with van der Waals surface area (Å²) in [6, 6.07) is 9.30. The number of hydrogen-bond donors (Lipinski definition) is 2. The fraction of sp³-hybridized carbons (Fsp3) is 0.154. The van der Waals surface area contributed by atoms with Crippen LogP contribution in [0.15, 0.2) is 36.7 Å². The standard InChI is InChI=1S/C13H14N4O/c1-9-6-13(15-8-14-9)17-12-5-3-4-11(7-12)16-10(2)18/h3-8H,1-2H3,(H,16,18)(H,14,15,17). The van der Waals surface area contributed by atoms with Gasteiger partial charge in [0.2, 0.25) is 5.91 Å². The summed E-state index contributed by atoms with van der Waals surface area (Å²) < 4.78 is 0. The molecule has 92 valence electrons. The lowest BCUT2D eigenvalue weighted by Gasteiger charge is -2.08. The minimum Gasteiger partial charge on any atom is -0.340 e. The van der Waals surface area contributed by atoms with Crippen molar-refractivity contribution in [2.45, 2.75) is 13.8 Å². The normalized spacial score (nSPS) is 9.89. The number of hydrogen-bond acceptors (Lipinski definition) is 4.